The number of hydrogen-bond donors (Lipinski definition) is 0. The van der Waals surface area contributed by atoms with Crippen LogP contribution in [0.5, 0.6) is 0 Å². The van der Waals surface area contributed by atoms with Crippen molar-refractivity contribution in [3.8, 4) is 0 Å². The maximum Gasteiger partial charge on any atom is 0.256 e. The molecular weight excluding hydrogens is 321 g/mol. The molecule has 0 aliphatic heterocycles. The number of carbonyl (C=O) groups is 1. The number of amides is 1. The lowest BCUT2D eigenvalue weighted by molar-refractivity contribution is -0.118. The van der Waals surface area contributed by atoms with Crippen LogP contribution in [0.2, 0.25) is 0 Å². The topological polar surface area (TPSA) is 46.3 Å². The Balaban J connectivity index is 1.87. The van der Waals surface area contributed by atoms with E-state index in [-0.39, 0.29) is 12.1 Å². The summed E-state index contributed by atoms with van der Waals surface area (Å²) >= 11 is 0. The van der Waals surface area contributed by atoms with Crippen molar-refractivity contribution in [1.82, 2.24) is 5.16 Å². The second kappa shape index (κ2) is 6.74. The number of rotatable bonds is 5. The third-order valence-electron chi connectivity index (χ3n) is 3.53. The van der Waals surface area contributed by atoms with Crippen molar-refractivity contribution < 1.29 is 22.5 Å². The Hall–Kier alpha value is -2.83. The zero-order valence-electron chi connectivity index (χ0n) is 12.5. The highest BCUT2D eigenvalue weighted by molar-refractivity contribution is 5.96. The molecule has 1 amide bonds. The van der Waals surface area contributed by atoms with E-state index in [4.69, 9.17) is 4.52 Å². The SMILES string of the molecule is O=C(Cc1noc2ccccc12)N(CC(F)F)c1ccc(F)cc1. The molecule has 4 nitrogen and oxygen atoms in total. The number of anilines is 1. The van der Waals surface area contributed by atoms with Gasteiger partial charge in [-0.2, -0.15) is 0 Å². The van der Waals surface area contributed by atoms with Gasteiger partial charge in [-0.25, -0.2) is 13.2 Å². The first-order valence-corrected chi connectivity index (χ1v) is 7.22. The summed E-state index contributed by atoms with van der Waals surface area (Å²) in [6, 6.07) is 11.8. The fourth-order valence-electron chi connectivity index (χ4n) is 2.41. The molecule has 3 rings (SSSR count). The first-order chi connectivity index (χ1) is 11.5. The van der Waals surface area contributed by atoms with Gasteiger partial charge in [0.05, 0.1) is 13.0 Å². The molecule has 0 unspecified atom stereocenters. The summed E-state index contributed by atoms with van der Waals surface area (Å²) in [5, 5.41) is 4.49. The smallest absolute Gasteiger partial charge is 0.256 e. The number of nitrogens with zero attached hydrogens (tertiary/aromatic N) is 2. The Morgan fingerprint density at radius 2 is 1.83 bits per heavy atom. The molecule has 0 bridgehead atoms. The molecular formula is C17H13F3N2O2. The highest BCUT2D eigenvalue weighted by Gasteiger charge is 2.22. The number of hydrogen-bond acceptors (Lipinski definition) is 3. The van der Waals surface area contributed by atoms with Gasteiger partial charge in [0, 0.05) is 11.1 Å². The quantitative estimate of drug-likeness (QED) is 0.713. The minimum Gasteiger partial charge on any atom is -0.356 e. The zero-order valence-corrected chi connectivity index (χ0v) is 12.5. The van der Waals surface area contributed by atoms with Crippen LogP contribution in [-0.4, -0.2) is 24.0 Å². The molecule has 2 aromatic carbocycles. The van der Waals surface area contributed by atoms with E-state index in [0.717, 1.165) is 17.0 Å². The van der Waals surface area contributed by atoms with Gasteiger partial charge in [-0.15, -0.1) is 0 Å². The Morgan fingerprint density at radius 3 is 2.54 bits per heavy atom. The third kappa shape index (κ3) is 3.40. The van der Waals surface area contributed by atoms with Crippen molar-refractivity contribution in [2.45, 2.75) is 12.8 Å². The van der Waals surface area contributed by atoms with E-state index in [0.29, 0.717) is 16.7 Å². The largest absolute Gasteiger partial charge is 0.356 e. The molecule has 7 heteroatoms. The summed E-state index contributed by atoms with van der Waals surface area (Å²) in [4.78, 5) is 13.4. The summed E-state index contributed by atoms with van der Waals surface area (Å²) in [5.74, 6) is -1.08. The summed E-state index contributed by atoms with van der Waals surface area (Å²) in [6.07, 6.45) is -2.91. The van der Waals surface area contributed by atoms with E-state index in [1.165, 1.54) is 12.1 Å². The van der Waals surface area contributed by atoms with E-state index in [1.807, 2.05) is 0 Å². The van der Waals surface area contributed by atoms with Gasteiger partial charge in [-0.1, -0.05) is 17.3 Å². The zero-order chi connectivity index (χ0) is 17.1. The number of alkyl halides is 2. The van der Waals surface area contributed by atoms with Crippen molar-refractivity contribution >= 4 is 22.6 Å². The highest BCUT2D eigenvalue weighted by Crippen LogP contribution is 2.21. The highest BCUT2D eigenvalue weighted by atomic mass is 19.3. The van der Waals surface area contributed by atoms with Gasteiger partial charge in [0.1, 0.15) is 11.5 Å². The first kappa shape index (κ1) is 16.0. The molecule has 0 saturated carbocycles. The Kier molecular flexibility index (Phi) is 4.50. The standard InChI is InChI=1S/C17H13F3N2O2/c18-11-5-7-12(8-6-11)22(10-16(19)20)17(23)9-14-13-3-1-2-4-15(13)24-21-14/h1-8,16H,9-10H2. The van der Waals surface area contributed by atoms with Crippen LogP contribution in [-0.2, 0) is 11.2 Å². The molecule has 0 fully saturated rings. The summed E-state index contributed by atoms with van der Waals surface area (Å²) in [5.41, 5.74) is 1.09. The molecule has 0 saturated heterocycles. The number of halogens is 3. The normalized spacial score (nSPS) is 11.2. The first-order valence-electron chi connectivity index (χ1n) is 7.22. The van der Waals surface area contributed by atoms with E-state index >= 15 is 0 Å². The molecule has 1 aromatic heterocycles. The van der Waals surface area contributed by atoms with Crippen molar-refractivity contribution in [3.63, 3.8) is 0 Å². The van der Waals surface area contributed by atoms with E-state index in [2.05, 4.69) is 5.16 Å². The number of aromatic nitrogens is 1. The summed E-state index contributed by atoms with van der Waals surface area (Å²) in [6.45, 7) is -0.778. The van der Waals surface area contributed by atoms with Crippen LogP contribution in [0.3, 0.4) is 0 Å². The Labute approximate surface area is 135 Å². The van der Waals surface area contributed by atoms with Gasteiger partial charge in [0.2, 0.25) is 5.91 Å². The number of carbonyl (C=O) groups excluding carboxylic acids is 1. The molecule has 124 valence electrons. The lowest BCUT2D eigenvalue weighted by atomic mass is 10.1. The molecule has 3 aromatic rings. The summed E-state index contributed by atoms with van der Waals surface area (Å²) in [7, 11) is 0. The van der Waals surface area contributed by atoms with Gasteiger partial charge in [-0.05, 0) is 36.4 Å². The molecule has 24 heavy (non-hydrogen) atoms. The lowest BCUT2D eigenvalue weighted by Gasteiger charge is -2.22. The number of fused-ring (bicyclic) bond motifs is 1. The van der Waals surface area contributed by atoms with Crippen LogP contribution < -0.4 is 4.90 Å². The van der Waals surface area contributed by atoms with Gasteiger partial charge in [-0.3, -0.25) is 4.79 Å². The fourth-order valence-corrected chi connectivity index (χ4v) is 2.41. The average molecular weight is 334 g/mol. The predicted molar refractivity (Wildman–Crippen MR) is 82.5 cm³/mol. The average Bonchev–Trinajstić information content (AvgIpc) is 2.96. The minimum absolute atomic E-state index is 0.193. The van der Waals surface area contributed by atoms with Gasteiger partial charge >= 0.3 is 0 Å². The van der Waals surface area contributed by atoms with Crippen LogP contribution in [0.4, 0.5) is 18.9 Å². The maximum atomic E-state index is 13.0. The van der Waals surface area contributed by atoms with Crippen LogP contribution in [0, 0.1) is 5.82 Å². The maximum absolute atomic E-state index is 13.0. The lowest BCUT2D eigenvalue weighted by Crippen LogP contribution is -2.36. The van der Waals surface area contributed by atoms with Gasteiger partial charge < -0.3 is 9.42 Å². The van der Waals surface area contributed by atoms with E-state index < -0.39 is 24.7 Å². The van der Waals surface area contributed by atoms with E-state index in [1.54, 1.807) is 24.3 Å². The van der Waals surface area contributed by atoms with Crippen molar-refractivity contribution in [2.75, 3.05) is 11.4 Å². The molecule has 0 spiro atoms. The Bertz CT molecular complexity index is 846. The minimum atomic E-state index is -2.71. The molecule has 0 aliphatic rings. The van der Waals surface area contributed by atoms with Crippen LogP contribution in [0.25, 0.3) is 11.0 Å². The van der Waals surface area contributed by atoms with Crippen LogP contribution >= 0.6 is 0 Å². The van der Waals surface area contributed by atoms with Crippen molar-refractivity contribution in [1.29, 1.82) is 0 Å². The molecule has 0 radical (unpaired) electrons. The second-order valence-corrected chi connectivity index (χ2v) is 5.17. The van der Waals surface area contributed by atoms with Gasteiger partial charge in [0.15, 0.2) is 5.58 Å². The number of benzene rings is 2. The van der Waals surface area contributed by atoms with E-state index in [9.17, 15) is 18.0 Å². The van der Waals surface area contributed by atoms with Gasteiger partial charge in [0.25, 0.3) is 6.43 Å². The van der Waals surface area contributed by atoms with Crippen LogP contribution in [0.15, 0.2) is 53.1 Å². The summed E-state index contributed by atoms with van der Waals surface area (Å²) < 4.78 is 43.8. The van der Waals surface area contributed by atoms with Crippen LogP contribution in [0.1, 0.15) is 5.69 Å². The molecule has 0 atom stereocenters. The molecule has 0 N–H and O–H groups in total. The Morgan fingerprint density at radius 1 is 1.12 bits per heavy atom. The second-order valence-electron chi connectivity index (χ2n) is 5.17. The fraction of sp³-hybridized carbons (Fsp3) is 0.176. The monoisotopic (exact) mass is 334 g/mol. The molecule has 0 aliphatic carbocycles. The molecule has 1 heterocycles. The predicted octanol–water partition coefficient (Wildman–Crippen LogP) is 3.81. The third-order valence-corrected chi connectivity index (χ3v) is 3.53. The number of para-hydroxylation sites is 1. The van der Waals surface area contributed by atoms with Crippen molar-refractivity contribution in [3.05, 3.63) is 60.0 Å². The van der Waals surface area contributed by atoms with Crippen molar-refractivity contribution in [2.24, 2.45) is 0 Å².